The Hall–Kier alpha value is -0.590. The molecule has 5 heteroatoms. The molecule has 0 saturated heterocycles. The average molecular weight is 248 g/mol. The monoisotopic (exact) mass is 248 g/mol. The van der Waals surface area contributed by atoms with Crippen molar-refractivity contribution >= 4 is 27.4 Å². The molecule has 0 N–H and O–H groups in total. The first kappa shape index (κ1) is 6.14. The predicted molar refractivity (Wildman–Crippen MR) is 45.6 cm³/mol. The Balaban J connectivity index is 2.64. The number of nitrogens with zero attached hydrogens (tertiary/aromatic N) is 4. The lowest BCUT2D eigenvalue weighted by Crippen LogP contribution is -1.88. The third-order valence-corrected chi connectivity index (χ3v) is 2.78. The van der Waals surface area contributed by atoms with Gasteiger partial charge in [-0.2, -0.15) is 2.90 Å². The third-order valence-electron chi connectivity index (χ3n) is 1.09. The summed E-state index contributed by atoms with van der Waals surface area (Å²) >= 11 is -0.303. The minimum Gasteiger partial charge on any atom is -0.212 e. The summed E-state index contributed by atoms with van der Waals surface area (Å²) in [5, 5.41) is 4.16. The molecule has 0 spiro atoms. The molecule has 0 radical (unpaired) electrons. The zero-order chi connectivity index (χ0) is 6.97. The van der Waals surface area contributed by atoms with E-state index in [4.69, 9.17) is 0 Å². The predicted octanol–water partition coefficient (Wildman–Crippen LogP) is 1.49. The molecular formula is C5H5IN4. The minimum absolute atomic E-state index is 0.303. The molecule has 4 nitrogen and oxygen atoms in total. The lowest BCUT2D eigenvalue weighted by atomic mass is 10.6. The van der Waals surface area contributed by atoms with Gasteiger partial charge in [0.2, 0.25) is 0 Å². The Morgan fingerprint density at radius 3 is 3.30 bits per heavy atom. The standard InChI is InChI=1S/C5H5IN4/c1-4-8-5-2-3-7-6-10(5)9-4/h2-3H,1H3. The molecule has 1 aliphatic heterocycles. The molecule has 0 amide bonds. The van der Waals surface area contributed by atoms with Crippen molar-refractivity contribution in [3.8, 4) is 0 Å². The highest BCUT2D eigenvalue weighted by atomic mass is 127. The van der Waals surface area contributed by atoms with Gasteiger partial charge in [-0.3, -0.25) is 0 Å². The first-order chi connectivity index (χ1) is 4.86. The molecule has 0 saturated carbocycles. The second-order valence-corrected chi connectivity index (χ2v) is 3.77. The van der Waals surface area contributed by atoms with Gasteiger partial charge in [-0.15, -0.1) is 5.10 Å². The van der Waals surface area contributed by atoms with E-state index in [1.807, 2.05) is 15.9 Å². The van der Waals surface area contributed by atoms with E-state index < -0.39 is 0 Å². The summed E-state index contributed by atoms with van der Waals surface area (Å²) in [7, 11) is 0. The van der Waals surface area contributed by atoms with Crippen LogP contribution in [0.5, 0.6) is 0 Å². The third kappa shape index (κ3) is 0.898. The summed E-state index contributed by atoms with van der Waals surface area (Å²) in [5.74, 6) is 1.77. The topological polar surface area (TPSA) is 43.1 Å². The van der Waals surface area contributed by atoms with Gasteiger partial charge >= 0.3 is 0 Å². The smallest absolute Gasteiger partial charge is 0.164 e. The van der Waals surface area contributed by atoms with Gasteiger partial charge in [-0.05, 0) is 6.92 Å². The summed E-state index contributed by atoms with van der Waals surface area (Å²) in [4.78, 5) is 4.18. The van der Waals surface area contributed by atoms with Crippen molar-refractivity contribution in [3.05, 3.63) is 17.8 Å². The molecule has 1 aliphatic rings. The van der Waals surface area contributed by atoms with Gasteiger partial charge in [-0.1, -0.05) is 0 Å². The maximum Gasteiger partial charge on any atom is 0.164 e. The SMILES string of the molecule is Cc1nc2n(n1)I=NC=C2. The Morgan fingerprint density at radius 1 is 1.60 bits per heavy atom. The molecule has 2 heterocycles. The number of halogens is 1. The average Bonchev–Trinajstić information content (AvgIpc) is 2.27. The van der Waals surface area contributed by atoms with Gasteiger partial charge in [0.1, 0.15) is 27.1 Å². The number of hydrogen-bond acceptors (Lipinski definition) is 3. The quantitative estimate of drug-likeness (QED) is 0.653. The molecule has 0 bridgehead atoms. The van der Waals surface area contributed by atoms with Crippen LogP contribution in [0.4, 0.5) is 0 Å². The van der Waals surface area contributed by atoms with Crippen molar-refractivity contribution in [1.82, 2.24) is 13.0 Å². The molecule has 1 aromatic heterocycles. The Labute approximate surface area is 68.5 Å². The zero-order valence-electron chi connectivity index (χ0n) is 5.32. The molecule has 0 aliphatic carbocycles. The van der Waals surface area contributed by atoms with Crippen LogP contribution in [0.15, 0.2) is 9.35 Å². The summed E-state index contributed by atoms with van der Waals surface area (Å²) < 4.78 is 6.00. The van der Waals surface area contributed by atoms with Crippen LogP contribution in [0.25, 0.3) is 6.08 Å². The second kappa shape index (κ2) is 2.22. The molecular weight excluding hydrogens is 243 g/mol. The van der Waals surface area contributed by atoms with Gasteiger partial charge < -0.3 is 0 Å². The van der Waals surface area contributed by atoms with Crippen molar-refractivity contribution in [2.45, 2.75) is 6.92 Å². The van der Waals surface area contributed by atoms with Gasteiger partial charge in [0.05, 0.1) is 0 Å². The molecule has 10 heavy (non-hydrogen) atoms. The Bertz CT molecular complexity index is 282. The van der Waals surface area contributed by atoms with E-state index in [1.54, 1.807) is 6.20 Å². The van der Waals surface area contributed by atoms with Crippen LogP contribution in [-0.4, -0.2) is 13.0 Å². The largest absolute Gasteiger partial charge is 0.212 e. The fraction of sp³-hybridized carbons (Fsp3) is 0.200. The highest BCUT2D eigenvalue weighted by molar-refractivity contribution is 14.1. The summed E-state index contributed by atoms with van der Waals surface area (Å²) in [5.41, 5.74) is 0. The van der Waals surface area contributed by atoms with E-state index >= 15 is 0 Å². The van der Waals surface area contributed by atoms with Crippen LogP contribution in [0.2, 0.25) is 0 Å². The van der Waals surface area contributed by atoms with Crippen LogP contribution in [0.3, 0.4) is 0 Å². The Kier molecular flexibility index (Phi) is 1.37. The molecule has 0 aromatic carbocycles. The first-order valence-corrected chi connectivity index (χ1v) is 4.74. The maximum absolute atomic E-state index is 4.18. The minimum atomic E-state index is -0.303. The van der Waals surface area contributed by atoms with Gasteiger partial charge in [-0.25, -0.2) is 8.13 Å². The molecule has 2 rings (SSSR count). The lowest BCUT2D eigenvalue weighted by molar-refractivity contribution is 1.00. The van der Waals surface area contributed by atoms with E-state index in [0.717, 1.165) is 11.6 Å². The van der Waals surface area contributed by atoms with E-state index in [0.29, 0.717) is 0 Å². The second-order valence-electron chi connectivity index (χ2n) is 1.87. The van der Waals surface area contributed by atoms with Gasteiger partial charge in [0, 0.05) is 12.3 Å². The van der Waals surface area contributed by atoms with Crippen LogP contribution < -0.4 is 0 Å². The van der Waals surface area contributed by atoms with Gasteiger partial charge in [0.25, 0.3) is 0 Å². The van der Waals surface area contributed by atoms with Crippen LogP contribution in [0, 0.1) is 6.92 Å². The molecule has 0 atom stereocenters. The lowest BCUT2D eigenvalue weighted by Gasteiger charge is -1.93. The number of aromatic nitrogens is 3. The maximum atomic E-state index is 4.18. The highest BCUT2D eigenvalue weighted by Gasteiger charge is 2.03. The molecule has 0 fully saturated rings. The summed E-state index contributed by atoms with van der Waals surface area (Å²) in [6.45, 7) is 1.89. The van der Waals surface area contributed by atoms with Crippen LogP contribution in [-0.2, 0) is 0 Å². The number of fused-ring (bicyclic) bond motifs is 1. The number of hydrogen-bond donors (Lipinski definition) is 0. The van der Waals surface area contributed by atoms with E-state index in [1.165, 1.54) is 0 Å². The normalized spacial score (nSPS) is 14.5. The highest BCUT2D eigenvalue weighted by Crippen LogP contribution is 2.15. The van der Waals surface area contributed by atoms with Crippen molar-refractivity contribution in [1.29, 1.82) is 0 Å². The number of rotatable bonds is 0. The molecule has 52 valence electrons. The zero-order valence-corrected chi connectivity index (χ0v) is 7.48. The van der Waals surface area contributed by atoms with Crippen LogP contribution in [0.1, 0.15) is 11.6 Å². The summed E-state index contributed by atoms with van der Waals surface area (Å²) in [6, 6.07) is 0. The van der Waals surface area contributed by atoms with Crippen molar-refractivity contribution < 1.29 is 0 Å². The van der Waals surface area contributed by atoms with Crippen molar-refractivity contribution in [3.63, 3.8) is 0 Å². The fourth-order valence-electron chi connectivity index (χ4n) is 0.723. The van der Waals surface area contributed by atoms with E-state index in [-0.39, 0.29) is 21.3 Å². The van der Waals surface area contributed by atoms with Crippen molar-refractivity contribution in [2.75, 3.05) is 0 Å². The van der Waals surface area contributed by atoms with E-state index in [2.05, 4.69) is 13.2 Å². The summed E-state index contributed by atoms with van der Waals surface area (Å²) in [6.07, 6.45) is 3.68. The molecule has 0 unspecified atom stereocenters. The van der Waals surface area contributed by atoms with Crippen molar-refractivity contribution in [2.24, 2.45) is 3.15 Å². The van der Waals surface area contributed by atoms with Crippen LogP contribution >= 0.6 is 21.3 Å². The molecule has 1 aromatic rings. The Morgan fingerprint density at radius 2 is 2.50 bits per heavy atom. The first-order valence-electron chi connectivity index (χ1n) is 2.81. The van der Waals surface area contributed by atoms with E-state index in [9.17, 15) is 0 Å². The van der Waals surface area contributed by atoms with Gasteiger partial charge in [0.15, 0.2) is 5.82 Å². The number of aryl methyl sites for hydroxylation is 1. The fourth-order valence-corrected chi connectivity index (χ4v) is 2.16.